The van der Waals surface area contributed by atoms with E-state index in [1.165, 1.54) is 6.54 Å². The van der Waals surface area contributed by atoms with Crippen LogP contribution in [0, 0.1) is 5.92 Å². The normalized spacial score (nSPS) is 27.7. The molecule has 1 atom stereocenters. The lowest BCUT2D eigenvalue weighted by Crippen LogP contribution is -2.58. The van der Waals surface area contributed by atoms with E-state index in [0.717, 1.165) is 51.3 Å². The molecule has 0 saturated carbocycles. The van der Waals surface area contributed by atoms with Crippen molar-refractivity contribution in [1.82, 2.24) is 15.1 Å². The van der Waals surface area contributed by atoms with Crippen molar-refractivity contribution in [3.05, 3.63) is 0 Å². The molecule has 0 aromatic heterocycles. The lowest BCUT2D eigenvalue weighted by atomic mass is 10.1. The molecule has 2 aliphatic rings. The van der Waals surface area contributed by atoms with Crippen LogP contribution in [0.3, 0.4) is 0 Å². The number of nitrogens with one attached hydrogen (secondary N) is 1. The summed E-state index contributed by atoms with van der Waals surface area (Å²) < 4.78 is 5.88. The van der Waals surface area contributed by atoms with Crippen LogP contribution in [0.2, 0.25) is 0 Å². The third-order valence-corrected chi connectivity index (χ3v) is 3.72. The number of hydrogen-bond donors (Lipinski definition) is 1. The fourth-order valence-electron chi connectivity index (χ4n) is 2.63. The Morgan fingerprint density at radius 2 is 2.18 bits per heavy atom. The van der Waals surface area contributed by atoms with Gasteiger partial charge in [0.1, 0.15) is 0 Å². The minimum Gasteiger partial charge on any atom is -0.374 e. The first kappa shape index (κ1) is 13.3. The Kier molecular flexibility index (Phi) is 4.79. The first-order valence-electron chi connectivity index (χ1n) is 6.90. The van der Waals surface area contributed by atoms with Crippen molar-refractivity contribution in [3.8, 4) is 0 Å². The molecule has 0 aromatic rings. The predicted octanol–water partition coefficient (Wildman–Crippen LogP) is 0.247. The molecular formula is C13H27N3O. The quantitative estimate of drug-likeness (QED) is 0.746. The Bertz CT molecular complexity index is 231. The van der Waals surface area contributed by atoms with E-state index in [2.05, 4.69) is 36.0 Å². The van der Waals surface area contributed by atoms with E-state index in [4.69, 9.17) is 4.74 Å². The summed E-state index contributed by atoms with van der Waals surface area (Å²) in [6.07, 6.45) is 0.396. The van der Waals surface area contributed by atoms with Crippen LogP contribution < -0.4 is 5.32 Å². The van der Waals surface area contributed by atoms with Crippen molar-refractivity contribution >= 4 is 0 Å². The van der Waals surface area contributed by atoms with Crippen LogP contribution in [0.1, 0.15) is 13.8 Å². The van der Waals surface area contributed by atoms with E-state index in [-0.39, 0.29) is 0 Å². The van der Waals surface area contributed by atoms with Gasteiger partial charge in [0.25, 0.3) is 0 Å². The predicted molar refractivity (Wildman–Crippen MR) is 70.3 cm³/mol. The first-order valence-corrected chi connectivity index (χ1v) is 6.90. The van der Waals surface area contributed by atoms with E-state index in [0.29, 0.717) is 6.10 Å². The molecule has 1 unspecified atom stereocenters. The highest BCUT2D eigenvalue weighted by atomic mass is 16.5. The van der Waals surface area contributed by atoms with Gasteiger partial charge in [-0.1, -0.05) is 13.8 Å². The zero-order valence-corrected chi connectivity index (χ0v) is 11.5. The second kappa shape index (κ2) is 6.14. The fourth-order valence-corrected chi connectivity index (χ4v) is 2.63. The monoisotopic (exact) mass is 241 g/mol. The number of hydrogen-bond acceptors (Lipinski definition) is 4. The van der Waals surface area contributed by atoms with Crippen molar-refractivity contribution in [1.29, 1.82) is 0 Å². The minimum absolute atomic E-state index is 0.396. The summed E-state index contributed by atoms with van der Waals surface area (Å²) in [7, 11) is 2.22. The molecule has 0 spiro atoms. The Morgan fingerprint density at radius 3 is 2.76 bits per heavy atom. The van der Waals surface area contributed by atoms with Gasteiger partial charge in [0.15, 0.2) is 0 Å². The van der Waals surface area contributed by atoms with Crippen molar-refractivity contribution in [2.24, 2.45) is 5.92 Å². The first-order chi connectivity index (χ1) is 8.15. The van der Waals surface area contributed by atoms with Crippen molar-refractivity contribution < 1.29 is 4.74 Å². The second-order valence-corrected chi connectivity index (χ2v) is 5.90. The average molecular weight is 241 g/mol. The van der Waals surface area contributed by atoms with E-state index >= 15 is 0 Å². The molecule has 17 heavy (non-hydrogen) atoms. The van der Waals surface area contributed by atoms with Gasteiger partial charge in [0.05, 0.1) is 12.7 Å². The maximum absolute atomic E-state index is 5.88. The zero-order valence-electron chi connectivity index (χ0n) is 11.5. The third-order valence-electron chi connectivity index (χ3n) is 3.72. The Labute approximate surface area is 105 Å². The summed E-state index contributed by atoms with van der Waals surface area (Å²) in [5.41, 5.74) is 0. The number of morpholine rings is 1. The van der Waals surface area contributed by atoms with Gasteiger partial charge >= 0.3 is 0 Å². The molecule has 4 heteroatoms. The molecular weight excluding hydrogens is 214 g/mol. The smallest absolute Gasteiger partial charge is 0.0829 e. The highest BCUT2D eigenvalue weighted by molar-refractivity contribution is 4.85. The van der Waals surface area contributed by atoms with Crippen LogP contribution in [0.15, 0.2) is 0 Å². The highest BCUT2D eigenvalue weighted by Gasteiger charge is 2.27. The maximum atomic E-state index is 5.88. The Balaban J connectivity index is 1.72. The summed E-state index contributed by atoms with van der Waals surface area (Å²) in [5.74, 6) is 0.752. The molecule has 0 bridgehead atoms. The molecule has 0 amide bonds. The largest absolute Gasteiger partial charge is 0.374 e. The fraction of sp³-hybridized carbons (Fsp3) is 1.00. The standard InChI is InChI=1S/C13H27N3O/c1-11(2)8-16-4-5-17-13(10-16)9-15(3)12-6-14-7-12/h11-14H,4-10H2,1-3H3. The van der Waals surface area contributed by atoms with Crippen molar-refractivity contribution in [3.63, 3.8) is 0 Å². The zero-order chi connectivity index (χ0) is 12.3. The third kappa shape index (κ3) is 3.91. The number of likely N-dealkylation sites (N-methyl/N-ethyl adjacent to an activating group) is 1. The Hall–Kier alpha value is -0.160. The molecule has 2 aliphatic heterocycles. The second-order valence-electron chi connectivity index (χ2n) is 5.90. The van der Waals surface area contributed by atoms with Crippen molar-refractivity contribution in [2.75, 3.05) is 52.9 Å². The van der Waals surface area contributed by atoms with E-state index < -0.39 is 0 Å². The summed E-state index contributed by atoms with van der Waals surface area (Å²) in [6.45, 7) is 12.2. The van der Waals surface area contributed by atoms with Gasteiger partial charge in [-0.05, 0) is 13.0 Å². The molecule has 100 valence electrons. The van der Waals surface area contributed by atoms with Crippen LogP contribution in [0.5, 0.6) is 0 Å². The molecule has 1 N–H and O–H groups in total. The van der Waals surface area contributed by atoms with Crippen LogP contribution in [0.25, 0.3) is 0 Å². The van der Waals surface area contributed by atoms with Gasteiger partial charge < -0.3 is 10.1 Å². The molecule has 0 radical (unpaired) electrons. The maximum Gasteiger partial charge on any atom is 0.0829 e. The Morgan fingerprint density at radius 1 is 1.41 bits per heavy atom. The van der Waals surface area contributed by atoms with Crippen LogP contribution >= 0.6 is 0 Å². The number of ether oxygens (including phenoxy) is 1. The molecule has 0 aliphatic carbocycles. The van der Waals surface area contributed by atoms with E-state index in [9.17, 15) is 0 Å². The molecule has 2 heterocycles. The van der Waals surface area contributed by atoms with Gasteiger partial charge in [-0.3, -0.25) is 9.80 Å². The summed E-state index contributed by atoms with van der Waals surface area (Å²) in [4.78, 5) is 4.99. The van der Waals surface area contributed by atoms with Gasteiger partial charge in [0, 0.05) is 45.3 Å². The highest BCUT2D eigenvalue weighted by Crippen LogP contribution is 2.11. The molecule has 2 saturated heterocycles. The lowest BCUT2D eigenvalue weighted by Gasteiger charge is -2.40. The average Bonchev–Trinajstić information content (AvgIpc) is 2.13. The summed E-state index contributed by atoms with van der Waals surface area (Å²) in [5, 5.41) is 3.32. The summed E-state index contributed by atoms with van der Waals surface area (Å²) >= 11 is 0. The summed E-state index contributed by atoms with van der Waals surface area (Å²) in [6, 6.07) is 0.721. The molecule has 2 rings (SSSR count). The minimum atomic E-state index is 0.396. The molecule has 4 nitrogen and oxygen atoms in total. The van der Waals surface area contributed by atoms with Gasteiger partial charge in [-0.15, -0.1) is 0 Å². The van der Waals surface area contributed by atoms with Gasteiger partial charge in [-0.2, -0.15) is 0 Å². The van der Waals surface area contributed by atoms with Crippen LogP contribution in [0.4, 0.5) is 0 Å². The SMILES string of the molecule is CC(C)CN1CCOC(CN(C)C2CNC2)C1. The topological polar surface area (TPSA) is 27.7 Å². The van der Waals surface area contributed by atoms with E-state index in [1.54, 1.807) is 0 Å². The molecule has 0 aromatic carbocycles. The van der Waals surface area contributed by atoms with Crippen molar-refractivity contribution in [2.45, 2.75) is 26.0 Å². The lowest BCUT2D eigenvalue weighted by molar-refractivity contribution is -0.0498. The molecule has 2 fully saturated rings. The van der Waals surface area contributed by atoms with Crippen LogP contribution in [-0.2, 0) is 4.74 Å². The van der Waals surface area contributed by atoms with Crippen LogP contribution in [-0.4, -0.2) is 74.9 Å². The van der Waals surface area contributed by atoms with E-state index in [1.807, 2.05) is 0 Å². The number of nitrogens with zero attached hydrogens (tertiary/aromatic N) is 2. The van der Waals surface area contributed by atoms with Gasteiger partial charge in [-0.25, -0.2) is 0 Å². The number of rotatable bonds is 5. The van der Waals surface area contributed by atoms with Gasteiger partial charge in [0.2, 0.25) is 0 Å².